The molecule has 1 aliphatic rings. The normalized spacial score (nSPS) is 14.2. The van der Waals surface area contributed by atoms with Crippen LogP contribution in [0.2, 0.25) is 0 Å². The van der Waals surface area contributed by atoms with Gasteiger partial charge in [0, 0.05) is 31.9 Å². The van der Waals surface area contributed by atoms with Gasteiger partial charge in [-0.2, -0.15) is 0 Å². The Balaban J connectivity index is 2.36. The monoisotopic (exact) mass is 215 g/mol. The molecule has 0 saturated heterocycles. The van der Waals surface area contributed by atoms with Crippen molar-refractivity contribution < 1.29 is 0 Å². The molecule has 3 nitrogen and oxygen atoms in total. The lowest BCUT2D eigenvalue weighted by atomic mass is 10.0. The van der Waals surface area contributed by atoms with E-state index in [4.69, 9.17) is 5.41 Å². The highest BCUT2D eigenvalue weighted by Crippen LogP contribution is 2.29. The predicted molar refractivity (Wildman–Crippen MR) is 68.4 cm³/mol. The summed E-state index contributed by atoms with van der Waals surface area (Å²) in [6, 6.07) is 6.18. The van der Waals surface area contributed by atoms with Crippen molar-refractivity contribution in [2.24, 2.45) is 0 Å². The van der Waals surface area contributed by atoms with E-state index in [2.05, 4.69) is 23.3 Å². The minimum absolute atomic E-state index is 0.571. The largest absolute Gasteiger partial charge is 0.394 e. The van der Waals surface area contributed by atoms with Crippen LogP contribution in [0.5, 0.6) is 0 Å². The second-order valence-electron chi connectivity index (χ2n) is 4.01. The highest BCUT2D eigenvalue weighted by Gasteiger charge is 2.19. The lowest BCUT2D eigenvalue weighted by Gasteiger charge is -2.12. The summed E-state index contributed by atoms with van der Waals surface area (Å²) in [6.07, 6.45) is 4.63. The second kappa shape index (κ2) is 4.39. The molecule has 0 fully saturated rings. The Morgan fingerprint density at radius 2 is 2.31 bits per heavy atom. The van der Waals surface area contributed by atoms with E-state index < -0.39 is 0 Å². The lowest BCUT2D eigenvalue weighted by molar-refractivity contribution is 0.955. The zero-order chi connectivity index (χ0) is 11.5. The van der Waals surface area contributed by atoms with E-state index >= 15 is 0 Å². The molecule has 1 aliphatic heterocycles. The molecule has 0 atom stereocenters. The van der Waals surface area contributed by atoms with Gasteiger partial charge in [0.05, 0.1) is 5.71 Å². The third-order valence-electron chi connectivity index (χ3n) is 2.97. The van der Waals surface area contributed by atoms with Gasteiger partial charge in [0.15, 0.2) is 0 Å². The van der Waals surface area contributed by atoms with Crippen LogP contribution < -0.4 is 10.2 Å². The number of nitrogens with one attached hydrogen (secondary N) is 2. The third-order valence-corrected chi connectivity index (χ3v) is 2.97. The topological polar surface area (TPSA) is 39.1 Å². The van der Waals surface area contributed by atoms with E-state index in [1.54, 1.807) is 12.3 Å². The van der Waals surface area contributed by atoms with Crippen LogP contribution in [0.15, 0.2) is 30.5 Å². The van der Waals surface area contributed by atoms with Gasteiger partial charge in [-0.15, -0.1) is 0 Å². The molecule has 1 aromatic carbocycles. The molecule has 2 N–H and O–H groups in total. The van der Waals surface area contributed by atoms with Crippen LogP contribution in [0.1, 0.15) is 11.1 Å². The molecule has 0 unspecified atom stereocenters. The van der Waals surface area contributed by atoms with Gasteiger partial charge in [-0.05, 0) is 30.3 Å². The van der Waals surface area contributed by atoms with Crippen molar-refractivity contribution in [3.8, 4) is 0 Å². The number of allylic oxidation sites excluding steroid dienone is 1. The molecule has 0 aromatic heterocycles. The zero-order valence-electron chi connectivity index (χ0n) is 9.75. The fourth-order valence-corrected chi connectivity index (χ4v) is 2.10. The van der Waals surface area contributed by atoms with Gasteiger partial charge < -0.3 is 15.6 Å². The van der Waals surface area contributed by atoms with Crippen molar-refractivity contribution in [3.63, 3.8) is 0 Å². The summed E-state index contributed by atoms with van der Waals surface area (Å²) in [5, 5.41) is 10.9. The van der Waals surface area contributed by atoms with Gasteiger partial charge in [0.25, 0.3) is 0 Å². The molecule has 0 aliphatic carbocycles. The number of hydrogen-bond donors (Lipinski definition) is 2. The van der Waals surface area contributed by atoms with Gasteiger partial charge >= 0.3 is 0 Å². The van der Waals surface area contributed by atoms with E-state index in [1.165, 1.54) is 11.3 Å². The lowest BCUT2D eigenvalue weighted by Crippen LogP contribution is -2.12. The minimum atomic E-state index is 0.571. The number of fused-ring (bicyclic) bond motifs is 1. The van der Waals surface area contributed by atoms with E-state index in [0.717, 1.165) is 18.5 Å². The van der Waals surface area contributed by atoms with Crippen LogP contribution in [0.25, 0.3) is 0 Å². The molecule has 3 heteroatoms. The number of hydrogen-bond acceptors (Lipinski definition) is 3. The predicted octanol–water partition coefficient (Wildman–Crippen LogP) is 1.78. The van der Waals surface area contributed by atoms with E-state index in [9.17, 15) is 0 Å². The highest BCUT2D eigenvalue weighted by atomic mass is 15.1. The van der Waals surface area contributed by atoms with Crippen molar-refractivity contribution in [1.29, 1.82) is 5.41 Å². The highest BCUT2D eigenvalue weighted by molar-refractivity contribution is 6.08. The Hall–Kier alpha value is -1.77. The van der Waals surface area contributed by atoms with Crippen LogP contribution in [0.4, 0.5) is 5.69 Å². The van der Waals surface area contributed by atoms with Gasteiger partial charge in [-0.3, -0.25) is 0 Å². The van der Waals surface area contributed by atoms with Crippen molar-refractivity contribution in [3.05, 3.63) is 41.6 Å². The summed E-state index contributed by atoms with van der Waals surface area (Å²) < 4.78 is 0. The van der Waals surface area contributed by atoms with Gasteiger partial charge in [-0.1, -0.05) is 12.1 Å². The maximum Gasteiger partial charge on any atom is 0.0630 e. The summed E-state index contributed by atoms with van der Waals surface area (Å²) in [7, 11) is 3.94. The fraction of sp³-hybridized carbons (Fsp3) is 0.308. The minimum Gasteiger partial charge on any atom is -0.394 e. The molecule has 0 radical (unpaired) electrons. The quantitative estimate of drug-likeness (QED) is 0.754. The van der Waals surface area contributed by atoms with Crippen molar-refractivity contribution >= 4 is 11.4 Å². The van der Waals surface area contributed by atoms with E-state index in [0.29, 0.717) is 5.71 Å². The maximum absolute atomic E-state index is 8.02. The van der Waals surface area contributed by atoms with Crippen LogP contribution in [0.3, 0.4) is 0 Å². The van der Waals surface area contributed by atoms with Gasteiger partial charge in [-0.25, -0.2) is 0 Å². The van der Waals surface area contributed by atoms with E-state index in [1.807, 2.05) is 19.2 Å². The zero-order valence-corrected chi connectivity index (χ0v) is 9.75. The van der Waals surface area contributed by atoms with Gasteiger partial charge in [0.1, 0.15) is 0 Å². The smallest absolute Gasteiger partial charge is 0.0630 e. The number of anilines is 1. The molecule has 2 rings (SSSR count). The molecule has 0 bridgehead atoms. The van der Waals surface area contributed by atoms with Crippen molar-refractivity contribution in [2.45, 2.75) is 6.42 Å². The maximum atomic E-state index is 8.02. The first kappa shape index (κ1) is 10.7. The molecule has 1 aromatic rings. The molecular formula is C13H17N3. The molecule has 0 amide bonds. The average molecular weight is 215 g/mol. The van der Waals surface area contributed by atoms with Crippen LogP contribution in [0, 0.1) is 5.41 Å². The molecular weight excluding hydrogens is 198 g/mol. The SMILES string of the molecule is CN/C=C\C(=N)c1cccc2c1CCN2C. The Bertz CT molecular complexity index is 435. The number of nitrogens with zero attached hydrogens (tertiary/aromatic N) is 1. The molecule has 84 valence electrons. The number of benzene rings is 1. The Kier molecular flexibility index (Phi) is 2.95. The fourth-order valence-electron chi connectivity index (χ4n) is 2.10. The third kappa shape index (κ3) is 1.81. The molecule has 0 saturated carbocycles. The van der Waals surface area contributed by atoms with Gasteiger partial charge in [0.2, 0.25) is 0 Å². The first-order chi connectivity index (χ1) is 7.74. The first-order valence-corrected chi connectivity index (χ1v) is 5.50. The Labute approximate surface area is 96.3 Å². The second-order valence-corrected chi connectivity index (χ2v) is 4.01. The number of likely N-dealkylation sites (N-methyl/N-ethyl adjacent to an activating group) is 1. The molecule has 16 heavy (non-hydrogen) atoms. The summed E-state index contributed by atoms with van der Waals surface area (Å²) in [4.78, 5) is 2.24. The van der Waals surface area contributed by atoms with Crippen LogP contribution in [-0.4, -0.2) is 26.4 Å². The summed E-state index contributed by atoms with van der Waals surface area (Å²) >= 11 is 0. The van der Waals surface area contributed by atoms with Crippen LogP contribution in [-0.2, 0) is 6.42 Å². The average Bonchev–Trinajstić information content (AvgIpc) is 2.68. The summed E-state index contributed by atoms with van der Waals surface area (Å²) in [6.45, 7) is 1.05. The summed E-state index contributed by atoms with van der Waals surface area (Å²) in [5.74, 6) is 0. The van der Waals surface area contributed by atoms with Crippen molar-refractivity contribution in [1.82, 2.24) is 5.32 Å². The Morgan fingerprint density at radius 3 is 3.06 bits per heavy atom. The van der Waals surface area contributed by atoms with Crippen molar-refractivity contribution in [2.75, 3.05) is 25.5 Å². The standard InChI is InChI=1S/C13H17N3/c1-15-8-6-12(14)10-4-3-5-13-11(10)7-9-16(13)2/h3-6,8,14-15H,7,9H2,1-2H3/b8-6-,14-12?. The van der Waals surface area contributed by atoms with Crippen LogP contribution >= 0.6 is 0 Å². The Morgan fingerprint density at radius 1 is 1.50 bits per heavy atom. The molecule has 1 heterocycles. The molecule has 0 spiro atoms. The number of rotatable bonds is 3. The first-order valence-electron chi connectivity index (χ1n) is 5.50. The summed E-state index contributed by atoms with van der Waals surface area (Å²) in [5.41, 5.74) is 4.19. The van der Waals surface area contributed by atoms with E-state index in [-0.39, 0.29) is 0 Å².